The van der Waals surface area contributed by atoms with E-state index in [1.54, 1.807) is 12.1 Å². The van der Waals surface area contributed by atoms with Crippen molar-refractivity contribution in [2.75, 3.05) is 46.4 Å². The minimum Gasteiger partial charge on any atom is -0.495 e. The molecule has 4 rings (SSSR count). The number of amides is 1. The molecule has 2 aliphatic heterocycles. The van der Waals surface area contributed by atoms with Crippen LogP contribution >= 0.6 is 11.6 Å². The van der Waals surface area contributed by atoms with Gasteiger partial charge in [-0.1, -0.05) is 41.9 Å². The fourth-order valence-corrected chi connectivity index (χ4v) is 6.52. The zero-order valence-corrected chi connectivity index (χ0v) is 20.4. The van der Waals surface area contributed by atoms with E-state index < -0.39 is 10.0 Å². The highest BCUT2D eigenvalue weighted by atomic mass is 35.5. The number of nitrogens with zero attached hydrogens (tertiary/aromatic N) is 3. The summed E-state index contributed by atoms with van der Waals surface area (Å²) in [7, 11) is -2.39. The number of sulfonamides is 1. The standard InChI is InChI=1S/C24H30ClN3O4S/c1-32-22-10-9-21(25)16-23(22)33(30,31)28-11-5-8-20(18-28)24(29)27-14-12-26(13-15-27)17-19-6-3-2-4-7-19/h2-4,6-7,9-10,16,20H,5,8,11-15,17-18H2,1H3/t20-/m1/s1. The van der Waals surface area contributed by atoms with Crippen molar-refractivity contribution in [3.63, 3.8) is 0 Å². The Morgan fingerprint density at radius 2 is 1.79 bits per heavy atom. The topological polar surface area (TPSA) is 70.2 Å². The number of hydrogen-bond donors (Lipinski definition) is 0. The molecule has 0 spiro atoms. The van der Waals surface area contributed by atoms with Crippen LogP contribution in [0.2, 0.25) is 5.02 Å². The van der Waals surface area contributed by atoms with Gasteiger partial charge in [0.15, 0.2) is 0 Å². The number of rotatable bonds is 6. The van der Waals surface area contributed by atoms with Crippen LogP contribution in [0.1, 0.15) is 18.4 Å². The van der Waals surface area contributed by atoms with Gasteiger partial charge in [0.1, 0.15) is 10.6 Å². The summed E-state index contributed by atoms with van der Waals surface area (Å²) in [4.78, 5) is 17.5. The van der Waals surface area contributed by atoms with Crippen LogP contribution < -0.4 is 4.74 Å². The van der Waals surface area contributed by atoms with E-state index >= 15 is 0 Å². The fraction of sp³-hybridized carbons (Fsp3) is 0.458. The van der Waals surface area contributed by atoms with Crippen LogP contribution in [0.25, 0.3) is 0 Å². The Labute approximate surface area is 200 Å². The molecule has 178 valence electrons. The van der Waals surface area contributed by atoms with Crippen LogP contribution in [0.15, 0.2) is 53.4 Å². The van der Waals surface area contributed by atoms with Gasteiger partial charge in [-0.25, -0.2) is 8.42 Å². The largest absolute Gasteiger partial charge is 0.495 e. The van der Waals surface area contributed by atoms with E-state index in [0.717, 1.165) is 19.6 Å². The fourth-order valence-electron chi connectivity index (χ4n) is 4.58. The van der Waals surface area contributed by atoms with Crippen molar-refractivity contribution in [1.82, 2.24) is 14.1 Å². The first-order chi connectivity index (χ1) is 15.9. The van der Waals surface area contributed by atoms with Gasteiger partial charge >= 0.3 is 0 Å². The van der Waals surface area contributed by atoms with Gasteiger partial charge in [0.05, 0.1) is 13.0 Å². The number of carbonyl (C=O) groups is 1. The highest BCUT2D eigenvalue weighted by Gasteiger charge is 2.37. The molecule has 0 bridgehead atoms. The third-order valence-electron chi connectivity index (χ3n) is 6.41. The molecule has 0 aliphatic carbocycles. The normalized spacial score (nSPS) is 20.5. The second-order valence-electron chi connectivity index (χ2n) is 8.58. The van der Waals surface area contributed by atoms with Crippen molar-refractivity contribution in [2.24, 2.45) is 5.92 Å². The molecule has 2 fully saturated rings. The quantitative estimate of drug-likeness (QED) is 0.621. The lowest BCUT2D eigenvalue weighted by molar-refractivity contribution is -0.138. The van der Waals surface area contributed by atoms with E-state index in [0.29, 0.717) is 37.5 Å². The monoisotopic (exact) mass is 491 g/mol. The Bertz CT molecular complexity index is 1070. The predicted octanol–water partition coefficient (Wildman–Crippen LogP) is 3.09. The lowest BCUT2D eigenvalue weighted by Gasteiger charge is -2.38. The van der Waals surface area contributed by atoms with Crippen molar-refractivity contribution in [1.29, 1.82) is 0 Å². The van der Waals surface area contributed by atoms with Crippen LogP contribution in [-0.2, 0) is 21.4 Å². The SMILES string of the molecule is COc1ccc(Cl)cc1S(=O)(=O)N1CCC[C@@H](C(=O)N2CCN(Cc3ccccc3)CC2)C1. The molecule has 1 atom stereocenters. The van der Waals surface area contributed by atoms with Crippen LogP contribution in [0.4, 0.5) is 0 Å². The molecule has 33 heavy (non-hydrogen) atoms. The van der Waals surface area contributed by atoms with Crippen molar-refractivity contribution in [2.45, 2.75) is 24.3 Å². The molecule has 0 N–H and O–H groups in total. The maximum absolute atomic E-state index is 13.3. The summed E-state index contributed by atoms with van der Waals surface area (Å²) in [5.41, 5.74) is 1.27. The van der Waals surface area contributed by atoms with Crippen molar-refractivity contribution < 1.29 is 17.9 Å². The molecule has 9 heteroatoms. The zero-order valence-electron chi connectivity index (χ0n) is 18.8. The molecule has 2 heterocycles. The van der Waals surface area contributed by atoms with Crippen LogP contribution in [0, 0.1) is 5.92 Å². The minimum absolute atomic E-state index is 0.0418. The Hall–Kier alpha value is -2.13. The van der Waals surface area contributed by atoms with Gasteiger partial charge in [0, 0.05) is 50.8 Å². The highest BCUT2D eigenvalue weighted by Crippen LogP contribution is 2.32. The molecule has 0 radical (unpaired) electrons. The number of piperazine rings is 1. The summed E-state index contributed by atoms with van der Waals surface area (Å²) < 4.78 is 33.3. The third-order valence-corrected chi connectivity index (χ3v) is 8.53. The van der Waals surface area contributed by atoms with Gasteiger partial charge in [0.25, 0.3) is 0 Å². The van der Waals surface area contributed by atoms with Gasteiger partial charge in [-0.05, 0) is 36.6 Å². The maximum atomic E-state index is 13.3. The molecule has 0 saturated carbocycles. The lowest BCUT2D eigenvalue weighted by atomic mass is 9.97. The van der Waals surface area contributed by atoms with E-state index in [4.69, 9.17) is 16.3 Å². The molecule has 2 aromatic carbocycles. The average molecular weight is 492 g/mol. The van der Waals surface area contributed by atoms with Gasteiger partial charge < -0.3 is 9.64 Å². The summed E-state index contributed by atoms with van der Waals surface area (Å²) in [6.07, 6.45) is 1.34. The van der Waals surface area contributed by atoms with Gasteiger partial charge in [-0.2, -0.15) is 4.31 Å². The molecular formula is C24H30ClN3O4S. The van der Waals surface area contributed by atoms with Crippen LogP contribution in [0.3, 0.4) is 0 Å². The van der Waals surface area contributed by atoms with Crippen molar-refractivity contribution >= 4 is 27.5 Å². The molecule has 1 amide bonds. The number of benzene rings is 2. The predicted molar refractivity (Wildman–Crippen MR) is 128 cm³/mol. The van der Waals surface area contributed by atoms with Crippen LogP contribution in [0.5, 0.6) is 5.75 Å². The van der Waals surface area contributed by atoms with Gasteiger partial charge in [0.2, 0.25) is 15.9 Å². The molecule has 0 unspecified atom stereocenters. The second kappa shape index (κ2) is 10.4. The Kier molecular flexibility index (Phi) is 7.58. The lowest BCUT2D eigenvalue weighted by Crippen LogP contribution is -2.52. The summed E-state index contributed by atoms with van der Waals surface area (Å²) in [6.45, 7) is 4.39. The number of piperidine rings is 1. The average Bonchev–Trinajstić information content (AvgIpc) is 2.85. The van der Waals surface area contributed by atoms with Gasteiger partial charge in [-0.15, -0.1) is 0 Å². The number of ether oxygens (including phenoxy) is 1. The van der Waals surface area contributed by atoms with E-state index in [2.05, 4.69) is 17.0 Å². The molecule has 2 aromatic rings. The van der Waals surface area contributed by atoms with E-state index in [1.165, 1.54) is 23.0 Å². The van der Waals surface area contributed by atoms with Gasteiger partial charge in [-0.3, -0.25) is 9.69 Å². The molecule has 0 aromatic heterocycles. The maximum Gasteiger partial charge on any atom is 0.246 e. The first kappa shape index (κ1) is 24.0. The van der Waals surface area contributed by atoms with Crippen LogP contribution in [-0.4, -0.2) is 74.8 Å². The smallest absolute Gasteiger partial charge is 0.246 e. The second-order valence-corrected chi connectivity index (χ2v) is 10.9. The minimum atomic E-state index is -3.82. The Morgan fingerprint density at radius 1 is 1.06 bits per heavy atom. The number of halogens is 1. The Balaban J connectivity index is 1.38. The van der Waals surface area contributed by atoms with Crippen molar-refractivity contribution in [3.05, 3.63) is 59.1 Å². The Morgan fingerprint density at radius 3 is 2.48 bits per heavy atom. The van der Waals surface area contributed by atoms with E-state index in [9.17, 15) is 13.2 Å². The van der Waals surface area contributed by atoms with E-state index in [-0.39, 0.29) is 29.0 Å². The van der Waals surface area contributed by atoms with Crippen molar-refractivity contribution in [3.8, 4) is 5.75 Å². The summed E-state index contributed by atoms with van der Waals surface area (Å²) in [5, 5.41) is 0.326. The molecule has 2 saturated heterocycles. The first-order valence-electron chi connectivity index (χ1n) is 11.3. The zero-order chi connectivity index (χ0) is 23.4. The molecule has 7 nitrogen and oxygen atoms in total. The highest BCUT2D eigenvalue weighted by molar-refractivity contribution is 7.89. The molecular weight excluding hydrogens is 462 g/mol. The summed E-state index contributed by atoms with van der Waals surface area (Å²) >= 11 is 6.06. The summed E-state index contributed by atoms with van der Waals surface area (Å²) in [6, 6.07) is 14.9. The number of methoxy groups -OCH3 is 1. The third kappa shape index (κ3) is 5.51. The number of carbonyl (C=O) groups excluding carboxylic acids is 1. The van der Waals surface area contributed by atoms with E-state index in [1.807, 2.05) is 23.1 Å². The first-order valence-corrected chi connectivity index (χ1v) is 13.1. The molecule has 2 aliphatic rings. The number of hydrogen-bond acceptors (Lipinski definition) is 5. The summed E-state index contributed by atoms with van der Waals surface area (Å²) in [5.74, 6) is -0.0333.